The molecule has 0 saturated carbocycles. The van der Waals surface area contributed by atoms with Crippen LogP contribution in [-0.4, -0.2) is 51.5 Å². The molecule has 0 amide bonds. The topological polar surface area (TPSA) is 72.0 Å². The van der Waals surface area contributed by atoms with Crippen LogP contribution >= 0.6 is 12.4 Å². The van der Waals surface area contributed by atoms with Crippen molar-refractivity contribution in [2.45, 2.75) is 25.3 Å². The Bertz CT molecular complexity index is 969. The van der Waals surface area contributed by atoms with E-state index in [0.717, 1.165) is 61.5 Å². The molecule has 2 aliphatic rings. The van der Waals surface area contributed by atoms with Gasteiger partial charge in [-0.2, -0.15) is 10.1 Å². The fourth-order valence-corrected chi connectivity index (χ4v) is 3.97. The summed E-state index contributed by atoms with van der Waals surface area (Å²) in [6.07, 6.45) is 2.95. The van der Waals surface area contributed by atoms with Crippen LogP contribution in [0.15, 0.2) is 28.8 Å². The average molecular weight is 405 g/mol. The maximum absolute atomic E-state index is 13.3. The summed E-state index contributed by atoms with van der Waals surface area (Å²) in [5.41, 5.74) is 3.89. The zero-order chi connectivity index (χ0) is 18.4. The molecule has 1 saturated heterocycles. The summed E-state index contributed by atoms with van der Waals surface area (Å²) >= 11 is 0. The Labute approximate surface area is 168 Å². The summed E-state index contributed by atoms with van der Waals surface area (Å²) in [5.74, 6) is 0.889. The first kappa shape index (κ1) is 19.0. The van der Waals surface area contributed by atoms with E-state index in [1.165, 1.54) is 12.1 Å². The van der Waals surface area contributed by atoms with Crippen molar-refractivity contribution in [1.29, 1.82) is 0 Å². The van der Waals surface area contributed by atoms with E-state index in [4.69, 9.17) is 9.62 Å². The third kappa shape index (κ3) is 3.21. The van der Waals surface area contributed by atoms with E-state index >= 15 is 0 Å². The quantitative estimate of drug-likeness (QED) is 0.723. The molecule has 9 heteroatoms. The lowest BCUT2D eigenvalue weighted by molar-refractivity contribution is 0.190. The smallest absolute Gasteiger partial charge is 0.278 e. The minimum Gasteiger partial charge on any atom is -0.332 e. The van der Waals surface area contributed by atoms with Crippen molar-refractivity contribution in [3.8, 4) is 17.3 Å². The Morgan fingerprint density at radius 3 is 2.82 bits per heavy atom. The number of nitrogens with zero attached hydrogens (tertiary/aromatic N) is 5. The monoisotopic (exact) mass is 404 g/mol. The van der Waals surface area contributed by atoms with Crippen LogP contribution in [0.4, 0.5) is 4.39 Å². The summed E-state index contributed by atoms with van der Waals surface area (Å²) in [6, 6.07) is 6.49. The molecule has 1 aliphatic carbocycles. The van der Waals surface area contributed by atoms with Crippen molar-refractivity contribution < 1.29 is 8.91 Å². The summed E-state index contributed by atoms with van der Waals surface area (Å²) < 4.78 is 20.8. The maximum atomic E-state index is 13.3. The second-order valence-electron chi connectivity index (χ2n) is 7.17. The van der Waals surface area contributed by atoms with E-state index in [-0.39, 0.29) is 24.3 Å². The number of halogens is 2. The molecule has 1 N–H and O–H groups in total. The SMILES string of the molecule is CN1CCNCC1c1noc(-c2nn(-c3ccc(F)cc3)c3c2CCC3)n1.Cl. The molecule has 2 aromatic heterocycles. The minimum atomic E-state index is -0.255. The standard InChI is InChI=1S/C19H21FN6O.ClH/c1-25-10-9-21-11-16(25)18-22-19(27-24-18)17-14-3-2-4-15(14)26(23-17)13-7-5-12(20)6-8-13;/h5-8,16,21H,2-4,9-11H2,1H3;1H. The number of nitrogens with one attached hydrogen (secondary N) is 1. The Kier molecular flexibility index (Phi) is 5.18. The molecule has 148 valence electrons. The van der Waals surface area contributed by atoms with Gasteiger partial charge in [-0.15, -0.1) is 12.4 Å². The molecule has 0 radical (unpaired) electrons. The molecule has 5 rings (SSSR count). The number of benzene rings is 1. The molecule has 1 aromatic carbocycles. The first-order valence-corrected chi connectivity index (χ1v) is 9.32. The lowest BCUT2D eigenvalue weighted by Crippen LogP contribution is -2.44. The molecule has 7 nitrogen and oxygen atoms in total. The molecular weight excluding hydrogens is 383 g/mol. The fraction of sp³-hybridized carbons (Fsp3) is 0.421. The predicted molar refractivity (Wildman–Crippen MR) is 104 cm³/mol. The molecule has 0 bridgehead atoms. The van der Waals surface area contributed by atoms with Gasteiger partial charge in [0.25, 0.3) is 5.89 Å². The van der Waals surface area contributed by atoms with Crippen LogP contribution in [0.25, 0.3) is 17.3 Å². The Morgan fingerprint density at radius 1 is 1.21 bits per heavy atom. The molecule has 28 heavy (non-hydrogen) atoms. The number of likely N-dealkylation sites (N-methyl/N-ethyl adjacent to an activating group) is 1. The van der Waals surface area contributed by atoms with Gasteiger partial charge in [0.05, 0.1) is 11.7 Å². The lowest BCUT2D eigenvalue weighted by Gasteiger charge is -2.30. The van der Waals surface area contributed by atoms with Gasteiger partial charge in [-0.25, -0.2) is 9.07 Å². The van der Waals surface area contributed by atoms with Crippen molar-refractivity contribution >= 4 is 12.4 Å². The average Bonchev–Trinajstić information content (AvgIpc) is 3.39. The van der Waals surface area contributed by atoms with Gasteiger partial charge < -0.3 is 9.84 Å². The van der Waals surface area contributed by atoms with Crippen LogP contribution in [0, 0.1) is 5.82 Å². The second-order valence-corrected chi connectivity index (χ2v) is 7.17. The lowest BCUT2D eigenvalue weighted by atomic mass is 10.2. The molecule has 1 unspecified atom stereocenters. The summed E-state index contributed by atoms with van der Waals surface area (Å²) in [4.78, 5) is 6.89. The fourth-order valence-electron chi connectivity index (χ4n) is 3.97. The van der Waals surface area contributed by atoms with Crippen molar-refractivity contribution in [2.75, 3.05) is 26.7 Å². The number of aromatic nitrogens is 4. The van der Waals surface area contributed by atoms with Crippen LogP contribution in [0.2, 0.25) is 0 Å². The van der Waals surface area contributed by atoms with Gasteiger partial charge in [0.1, 0.15) is 5.82 Å². The Morgan fingerprint density at radius 2 is 2.04 bits per heavy atom. The van der Waals surface area contributed by atoms with E-state index in [0.29, 0.717) is 11.7 Å². The van der Waals surface area contributed by atoms with E-state index in [1.54, 1.807) is 12.1 Å². The number of piperazine rings is 1. The van der Waals surface area contributed by atoms with Gasteiger partial charge in [0.2, 0.25) is 0 Å². The van der Waals surface area contributed by atoms with Crippen LogP contribution in [-0.2, 0) is 12.8 Å². The van der Waals surface area contributed by atoms with E-state index in [1.807, 2.05) is 4.68 Å². The second kappa shape index (κ2) is 7.62. The van der Waals surface area contributed by atoms with Gasteiger partial charge in [0, 0.05) is 30.9 Å². The Balaban J connectivity index is 0.00000192. The third-order valence-corrected chi connectivity index (χ3v) is 5.45. The van der Waals surface area contributed by atoms with Gasteiger partial charge in [-0.05, 0) is 50.6 Å². The van der Waals surface area contributed by atoms with Crippen LogP contribution in [0.5, 0.6) is 0 Å². The van der Waals surface area contributed by atoms with Crippen molar-refractivity contribution in [3.63, 3.8) is 0 Å². The van der Waals surface area contributed by atoms with E-state index < -0.39 is 0 Å². The third-order valence-electron chi connectivity index (χ3n) is 5.45. The van der Waals surface area contributed by atoms with Crippen LogP contribution < -0.4 is 5.32 Å². The van der Waals surface area contributed by atoms with Gasteiger partial charge in [0.15, 0.2) is 11.5 Å². The molecule has 3 heterocycles. The molecular formula is C19H22ClFN6O. The predicted octanol–water partition coefficient (Wildman–Crippen LogP) is 2.55. The summed E-state index contributed by atoms with van der Waals surface area (Å²) in [7, 11) is 2.07. The normalized spacial score (nSPS) is 19.4. The maximum Gasteiger partial charge on any atom is 0.278 e. The molecule has 0 spiro atoms. The van der Waals surface area contributed by atoms with E-state index in [9.17, 15) is 4.39 Å². The first-order chi connectivity index (χ1) is 13.2. The number of hydrogen-bond donors (Lipinski definition) is 1. The van der Waals surface area contributed by atoms with Crippen molar-refractivity contribution in [1.82, 2.24) is 30.1 Å². The van der Waals surface area contributed by atoms with Gasteiger partial charge >= 0.3 is 0 Å². The highest BCUT2D eigenvalue weighted by atomic mass is 35.5. The van der Waals surface area contributed by atoms with Crippen LogP contribution in [0.3, 0.4) is 0 Å². The zero-order valence-electron chi connectivity index (χ0n) is 15.6. The number of hydrogen-bond acceptors (Lipinski definition) is 6. The molecule has 1 atom stereocenters. The highest BCUT2D eigenvalue weighted by molar-refractivity contribution is 5.85. The van der Waals surface area contributed by atoms with Crippen molar-refractivity contribution in [3.05, 3.63) is 47.2 Å². The van der Waals surface area contributed by atoms with Crippen LogP contribution in [0.1, 0.15) is 29.5 Å². The Hall–Kier alpha value is -2.29. The largest absolute Gasteiger partial charge is 0.332 e. The van der Waals surface area contributed by atoms with Gasteiger partial charge in [-0.3, -0.25) is 4.90 Å². The van der Waals surface area contributed by atoms with Crippen molar-refractivity contribution in [2.24, 2.45) is 0 Å². The van der Waals surface area contributed by atoms with E-state index in [2.05, 4.69) is 27.4 Å². The highest BCUT2D eigenvalue weighted by Crippen LogP contribution is 2.33. The zero-order valence-corrected chi connectivity index (χ0v) is 16.4. The highest BCUT2D eigenvalue weighted by Gasteiger charge is 2.30. The molecule has 1 aliphatic heterocycles. The molecule has 1 fully saturated rings. The number of fused-ring (bicyclic) bond motifs is 1. The molecule has 3 aromatic rings. The summed E-state index contributed by atoms with van der Waals surface area (Å²) in [5, 5.41) is 12.3. The number of rotatable bonds is 3. The first-order valence-electron chi connectivity index (χ1n) is 9.32. The minimum absolute atomic E-state index is 0. The van der Waals surface area contributed by atoms with Gasteiger partial charge in [-0.1, -0.05) is 5.16 Å². The summed E-state index contributed by atoms with van der Waals surface area (Å²) in [6.45, 7) is 2.72.